The van der Waals surface area contributed by atoms with E-state index in [9.17, 15) is 4.79 Å². The Hall–Kier alpha value is -1.43. The molecule has 1 amide bonds. The van der Waals surface area contributed by atoms with E-state index in [1.54, 1.807) is 4.52 Å². The molecule has 0 radical (unpaired) electrons. The second-order valence-corrected chi connectivity index (χ2v) is 6.10. The maximum absolute atomic E-state index is 12.0. The van der Waals surface area contributed by atoms with Crippen LogP contribution in [0.25, 0.3) is 4.96 Å². The number of hydrogen-bond acceptors (Lipinski definition) is 4. The number of carbonyl (C=O) groups excluding carboxylic acids is 1. The van der Waals surface area contributed by atoms with Crippen molar-refractivity contribution in [2.24, 2.45) is 5.92 Å². The quantitative estimate of drug-likeness (QED) is 0.939. The van der Waals surface area contributed by atoms with Gasteiger partial charge in [-0.25, -0.2) is 4.52 Å². The van der Waals surface area contributed by atoms with Crippen LogP contribution < -0.4 is 5.32 Å². The molecule has 1 N–H and O–H groups in total. The van der Waals surface area contributed by atoms with E-state index in [2.05, 4.69) is 15.4 Å². The second-order valence-electron chi connectivity index (χ2n) is 5.26. The molecule has 0 atom stereocenters. The summed E-state index contributed by atoms with van der Waals surface area (Å²) in [5.41, 5.74) is 1.04. The number of rotatable bonds is 3. The summed E-state index contributed by atoms with van der Waals surface area (Å²) in [7, 11) is 0. The molecule has 2 aromatic heterocycles. The van der Waals surface area contributed by atoms with Crippen LogP contribution in [0.15, 0.2) is 5.38 Å². The van der Waals surface area contributed by atoms with E-state index in [4.69, 9.17) is 0 Å². The van der Waals surface area contributed by atoms with Crippen molar-refractivity contribution in [3.05, 3.63) is 11.1 Å². The SMILES string of the molecule is Cc1csc2nc(NC(=O)CC3CCCCC3)nn12. The first kappa shape index (κ1) is 12.6. The van der Waals surface area contributed by atoms with Crippen molar-refractivity contribution in [1.82, 2.24) is 14.6 Å². The van der Waals surface area contributed by atoms with Crippen molar-refractivity contribution < 1.29 is 4.79 Å². The van der Waals surface area contributed by atoms with Gasteiger partial charge in [0.1, 0.15) is 0 Å². The highest BCUT2D eigenvalue weighted by Crippen LogP contribution is 2.26. The molecule has 0 aliphatic heterocycles. The van der Waals surface area contributed by atoms with Crippen LogP contribution in [0.2, 0.25) is 0 Å². The normalized spacial score (nSPS) is 16.9. The molecule has 0 unspecified atom stereocenters. The zero-order valence-electron chi connectivity index (χ0n) is 11.1. The zero-order chi connectivity index (χ0) is 13.2. The van der Waals surface area contributed by atoms with Crippen LogP contribution >= 0.6 is 11.3 Å². The lowest BCUT2D eigenvalue weighted by Crippen LogP contribution is -2.19. The summed E-state index contributed by atoms with van der Waals surface area (Å²) < 4.78 is 1.76. The van der Waals surface area contributed by atoms with Crippen molar-refractivity contribution in [2.75, 3.05) is 5.32 Å². The van der Waals surface area contributed by atoms with Gasteiger partial charge in [0.2, 0.25) is 16.8 Å². The number of hydrogen-bond donors (Lipinski definition) is 1. The number of nitrogens with zero attached hydrogens (tertiary/aromatic N) is 3. The fourth-order valence-corrected chi connectivity index (χ4v) is 3.47. The fourth-order valence-electron chi connectivity index (χ4n) is 2.67. The van der Waals surface area contributed by atoms with Gasteiger partial charge in [-0.1, -0.05) is 19.3 Å². The molecule has 1 saturated carbocycles. The number of aryl methyl sites for hydroxylation is 1. The number of fused-ring (bicyclic) bond motifs is 1. The van der Waals surface area contributed by atoms with Gasteiger partial charge >= 0.3 is 0 Å². The Balaban J connectivity index is 1.61. The smallest absolute Gasteiger partial charge is 0.250 e. The van der Waals surface area contributed by atoms with Crippen molar-refractivity contribution >= 4 is 28.2 Å². The van der Waals surface area contributed by atoms with E-state index in [1.807, 2.05) is 12.3 Å². The summed E-state index contributed by atoms with van der Waals surface area (Å²) >= 11 is 1.54. The van der Waals surface area contributed by atoms with Gasteiger partial charge in [0.15, 0.2) is 0 Å². The third-order valence-electron chi connectivity index (χ3n) is 3.70. The molecule has 2 aromatic rings. The highest BCUT2D eigenvalue weighted by molar-refractivity contribution is 7.15. The molecule has 0 saturated heterocycles. The van der Waals surface area contributed by atoms with E-state index in [1.165, 1.54) is 43.4 Å². The van der Waals surface area contributed by atoms with E-state index in [-0.39, 0.29) is 5.91 Å². The summed E-state index contributed by atoms with van der Waals surface area (Å²) in [6.45, 7) is 1.98. The van der Waals surface area contributed by atoms with Gasteiger partial charge in [0.05, 0.1) is 5.69 Å². The van der Waals surface area contributed by atoms with Crippen LogP contribution in [-0.2, 0) is 4.79 Å². The fraction of sp³-hybridized carbons (Fsp3) is 0.615. The van der Waals surface area contributed by atoms with Gasteiger partial charge in [-0.2, -0.15) is 4.98 Å². The molecule has 2 heterocycles. The van der Waals surface area contributed by atoms with E-state index < -0.39 is 0 Å². The highest BCUT2D eigenvalue weighted by atomic mass is 32.1. The lowest BCUT2D eigenvalue weighted by atomic mass is 9.87. The Bertz CT molecular complexity index is 582. The number of anilines is 1. The molecule has 0 bridgehead atoms. The van der Waals surface area contributed by atoms with Crippen LogP contribution in [0.5, 0.6) is 0 Å². The summed E-state index contributed by atoms with van der Waals surface area (Å²) in [5.74, 6) is 1.01. The zero-order valence-corrected chi connectivity index (χ0v) is 11.9. The lowest BCUT2D eigenvalue weighted by molar-refractivity contribution is -0.117. The van der Waals surface area contributed by atoms with Crippen LogP contribution in [0.1, 0.15) is 44.2 Å². The minimum absolute atomic E-state index is 0.0443. The number of thiazole rings is 1. The summed E-state index contributed by atoms with van der Waals surface area (Å²) in [6.07, 6.45) is 6.80. The average Bonchev–Trinajstić information content (AvgIpc) is 2.93. The van der Waals surface area contributed by atoms with Crippen molar-refractivity contribution in [3.63, 3.8) is 0 Å². The molecular weight excluding hydrogens is 260 g/mol. The van der Waals surface area contributed by atoms with Gasteiger partial charge in [-0.3, -0.25) is 10.1 Å². The van der Waals surface area contributed by atoms with Crippen LogP contribution in [-0.4, -0.2) is 20.5 Å². The molecule has 0 spiro atoms. The Morgan fingerprint density at radius 3 is 3.00 bits per heavy atom. The third-order valence-corrected chi connectivity index (χ3v) is 4.63. The molecule has 1 aliphatic carbocycles. The van der Waals surface area contributed by atoms with Gasteiger partial charge < -0.3 is 0 Å². The summed E-state index contributed by atoms with van der Waals surface area (Å²) in [4.78, 5) is 17.1. The van der Waals surface area contributed by atoms with Gasteiger partial charge in [-0.15, -0.1) is 16.4 Å². The monoisotopic (exact) mass is 278 g/mol. The Morgan fingerprint density at radius 1 is 1.47 bits per heavy atom. The van der Waals surface area contributed by atoms with Crippen LogP contribution in [0.4, 0.5) is 5.95 Å². The van der Waals surface area contributed by atoms with Crippen molar-refractivity contribution in [3.8, 4) is 0 Å². The predicted molar refractivity (Wildman–Crippen MR) is 75.4 cm³/mol. The molecule has 1 fully saturated rings. The first-order valence-corrected chi connectivity index (χ1v) is 7.71. The Labute approximate surface area is 116 Å². The summed E-state index contributed by atoms with van der Waals surface area (Å²) in [6, 6.07) is 0. The van der Waals surface area contributed by atoms with Crippen LogP contribution in [0, 0.1) is 12.8 Å². The Morgan fingerprint density at radius 2 is 2.26 bits per heavy atom. The molecule has 3 rings (SSSR count). The molecule has 5 nitrogen and oxygen atoms in total. The minimum Gasteiger partial charge on any atom is -0.293 e. The number of nitrogens with one attached hydrogen (secondary N) is 1. The first-order chi connectivity index (χ1) is 9.22. The molecular formula is C13H18N4OS. The van der Waals surface area contributed by atoms with Gasteiger partial charge in [-0.05, 0) is 25.7 Å². The van der Waals surface area contributed by atoms with E-state index in [0.717, 1.165) is 10.7 Å². The molecule has 19 heavy (non-hydrogen) atoms. The predicted octanol–water partition coefficient (Wildman–Crippen LogP) is 3.01. The number of aromatic nitrogens is 3. The van der Waals surface area contributed by atoms with Crippen molar-refractivity contribution in [1.29, 1.82) is 0 Å². The standard InChI is InChI=1S/C13H18N4OS/c1-9-8-19-13-15-12(16-17(9)13)14-11(18)7-10-5-3-2-4-6-10/h8,10H,2-7H2,1H3,(H,14,16,18). The molecule has 0 aromatic carbocycles. The minimum atomic E-state index is 0.0443. The largest absolute Gasteiger partial charge is 0.293 e. The van der Waals surface area contributed by atoms with E-state index in [0.29, 0.717) is 18.3 Å². The second kappa shape index (κ2) is 5.28. The van der Waals surface area contributed by atoms with Gasteiger partial charge in [0.25, 0.3) is 0 Å². The number of amides is 1. The van der Waals surface area contributed by atoms with Crippen molar-refractivity contribution in [2.45, 2.75) is 45.4 Å². The molecule has 6 heteroatoms. The summed E-state index contributed by atoms with van der Waals surface area (Å²) in [5, 5.41) is 9.11. The van der Waals surface area contributed by atoms with Gasteiger partial charge in [0, 0.05) is 11.8 Å². The Kier molecular flexibility index (Phi) is 3.50. The maximum Gasteiger partial charge on any atom is 0.250 e. The molecule has 1 aliphatic rings. The first-order valence-electron chi connectivity index (χ1n) is 6.83. The highest BCUT2D eigenvalue weighted by Gasteiger charge is 2.18. The lowest BCUT2D eigenvalue weighted by Gasteiger charge is -2.20. The number of carbonyl (C=O) groups is 1. The van der Waals surface area contributed by atoms with E-state index >= 15 is 0 Å². The molecule has 102 valence electrons. The topological polar surface area (TPSA) is 59.3 Å². The third kappa shape index (κ3) is 2.78. The maximum atomic E-state index is 12.0. The van der Waals surface area contributed by atoms with Crippen LogP contribution in [0.3, 0.4) is 0 Å². The average molecular weight is 278 g/mol.